The van der Waals surface area contributed by atoms with E-state index in [1.165, 1.54) is 38.6 Å². The van der Waals surface area contributed by atoms with Gasteiger partial charge in [0.25, 0.3) is 0 Å². The van der Waals surface area contributed by atoms with Crippen molar-refractivity contribution in [3.63, 3.8) is 0 Å². The highest BCUT2D eigenvalue weighted by Gasteiger charge is 2.34. The lowest BCUT2D eigenvalue weighted by molar-refractivity contribution is -0.00124. The second-order valence-corrected chi connectivity index (χ2v) is 6.13. The monoisotopic (exact) mass is 239 g/mol. The van der Waals surface area contributed by atoms with Gasteiger partial charge in [-0.05, 0) is 62.4 Å². The predicted octanol–water partition coefficient (Wildman–Crippen LogP) is 3.07. The molecule has 4 atom stereocenters. The van der Waals surface area contributed by atoms with E-state index in [-0.39, 0.29) is 0 Å². The van der Waals surface area contributed by atoms with Crippen molar-refractivity contribution in [3.05, 3.63) is 0 Å². The third-order valence-electron chi connectivity index (χ3n) is 4.77. The molecule has 1 aliphatic heterocycles. The molecule has 1 aliphatic carbocycles. The largest absolute Gasteiger partial charge is 0.381 e. The molecule has 0 bridgehead atoms. The molecule has 0 aromatic carbocycles. The van der Waals surface area contributed by atoms with Crippen LogP contribution in [0.3, 0.4) is 0 Å². The Morgan fingerprint density at radius 2 is 2.12 bits per heavy atom. The maximum absolute atomic E-state index is 5.70. The van der Waals surface area contributed by atoms with Crippen LogP contribution in [0.4, 0.5) is 0 Å². The van der Waals surface area contributed by atoms with E-state index < -0.39 is 0 Å². The summed E-state index contributed by atoms with van der Waals surface area (Å²) in [5.74, 6) is 3.59. The molecule has 2 aliphatic rings. The van der Waals surface area contributed by atoms with E-state index in [1.807, 2.05) is 0 Å². The first-order chi connectivity index (χ1) is 8.31. The van der Waals surface area contributed by atoms with Crippen molar-refractivity contribution in [3.8, 4) is 0 Å². The summed E-state index contributed by atoms with van der Waals surface area (Å²) in [5, 5.41) is 3.56. The van der Waals surface area contributed by atoms with Crippen LogP contribution >= 0.6 is 0 Å². The van der Waals surface area contributed by atoms with Gasteiger partial charge in [-0.3, -0.25) is 0 Å². The molecule has 17 heavy (non-hydrogen) atoms. The molecule has 2 fully saturated rings. The Kier molecular flexibility index (Phi) is 5.30. The van der Waals surface area contributed by atoms with Crippen molar-refractivity contribution < 1.29 is 4.74 Å². The van der Waals surface area contributed by atoms with Gasteiger partial charge >= 0.3 is 0 Å². The van der Waals surface area contributed by atoms with Crippen LogP contribution in [0, 0.1) is 23.7 Å². The minimum Gasteiger partial charge on any atom is -0.381 e. The van der Waals surface area contributed by atoms with E-state index in [0.29, 0.717) is 0 Å². The van der Waals surface area contributed by atoms with Gasteiger partial charge in [-0.25, -0.2) is 0 Å². The molecule has 1 heterocycles. The number of ether oxygens (including phenoxy) is 1. The van der Waals surface area contributed by atoms with E-state index in [1.54, 1.807) is 0 Å². The second-order valence-electron chi connectivity index (χ2n) is 6.13. The summed E-state index contributed by atoms with van der Waals surface area (Å²) in [4.78, 5) is 0. The molecule has 1 saturated carbocycles. The lowest BCUT2D eigenvalue weighted by Gasteiger charge is -2.41. The highest BCUT2D eigenvalue weighted by atomic mass is 16.5. The van der Waals surface area contributed by atoms with Crippen LogP contribution in [0.15, 0.2) is 0 Å². The molecule has 0 aromatic heterocycles. The molecule has 4 unspecified atom stereocenters. The maximum atomic E-state index is 5.70. The topological polar surface area (TPSA) is 21.3 Å². The van der Waals surface area contributed by atoms with Gasteiger partial charge in [-0.15, -0.1) is 0 Å². The molecule has 0 aromatic rings. The first kappa shape index (κ1) is 13.4. The minimum atomic E-state index is 0.843. The van der Waals surface area contributed by atoms with Crippen LogP contribution in [-0.2, 0) is 4.74 Å². The van der Waals surface area contributed by atoms with Gasteiger partial charge in [0.2, 0.25) is 0 Å². The Balaban J connectivity index is 1.92. The fraction of sp³-hybridized carbons (Fsp3) is 1.00. The van der Waals surface area contributed by atoms with Crippen molar-refractivity contribution >= 4 is 0 Å². The van der Waals surface area contributed by atoms with Gasteiger partial charge in [0.15, 0.2) is 0 Å². The molecule has 0 radical (unpaired) electrons. The van der Waals surface area contributed by atoms with E-state index in [4.69, 9.17) is 4.74 Å². The number of nitrogens with one attached hydrogen (secondary N) is 1. The average Bonchev–Trinajstić information content (AvgIpc) is 2.38. The van der Waals surface area contributed by atoms with Gasteiger partial charge in [0.05, 0.1) is 0 Å². The third kappa shape index (κ3) is 3.69. The molecule has 2 nitrogen and oxygen atoms in total. The van der Waals surface area contributed by atoms with Crippen molar-refractivity contribution in [1.29, 1.82) is 0 Å². The van der Waals surface area contributed by atoms with Gasteiger partial charge in [-0.2, -0.15) is 0 Å². The summed E-state index contributed by atoms with van der Waals surface area (Å²) >= 11 is 0. The molecule has 2 heteroatoms. The fourth-order valence-corrected chi connectivity index (χ4v) is 3.75. The van der Waals surface area contributed by atoms with Crippen molar-refractivity contribution in [1.82, 2.24) is 5.32 Å². The fourth-order valence-electron chi connectivity index (χ4n) is 3.75. The van der Waals surface area contributed by atoms with Crippen LogP contribution < -0.4 is 5.32 Å². The zero-order valence-corrected chi connectivity index (χ0v) is 11.6. The zero-order valence-electron chi connectivity index (χ0n) is 11.6. The van der Waals surface area contributed by atoms with Crippen LogP contribution in [-0.4, -0.2) is 26.3 Å². The van der Waals surface area contributed by atoms with E-state index in [2.05, 4.69) is 19.2 Å². The van der Waals surface area contributed by atoms with E-state index >= 15 is 0 Å². The standard InChI is InChI=1S/C15H29NO/c1-3-16-10-13-7-6-12(2)9-15(13)14-5-4-8-17-11-14/h12-16H,3-11H2,1-2H3. The molecule has 100 valence electrons. The normalized spacial score (nSPS) is 39.2. The predicted molar refractivity (Wildman–Crippen MR) is 72.1 cm³/mol. The summed E-state index contributed by atoms with van der Waals surface area (Å²) < 4.78 is 5.70. The SMILES string of the molecule is CCNCC1CCC(C)CC1C1CCCOC1. The smallest absolute Gasteiger partial charge is 0.0497 e. The van der Waals surface area contributed by atoms with E-state index in [9.17, 15) is 0 Å². The summed E-state index contributed by atoms with van der Waals surface area (Å²) in [6.07, 6.45) is 6.98. The quantitative estimate of drug-likeness (QED) is 0.814. The Labute approximate surface area is 107 Å². The molecular formula is C15H29NO. The average molecular weight is 239 g/mol. The maximum Gasteiger partial charge on any atom is 0.0497 e. The molecule has 0 spiro atoms. The second kappa shape index (κ2) is 6.75. The highest BCUT2D eigenvalue weighted by Crippen LogP contribution is 2.40. The van der Waals surface area contributed by atoms with Crippen LogP contribution in [0.1, 0.15) is 46.0 Å². The van der Waals surface area contributed by atoms with Gasteiger partial charge in [0.1, 0.15) is 0 Å². The summed E-state index contributed by atoms with van der Waals surface area (Å²) in [5.41, 5.74) is 0. The van der Waals surface area contributed by atoms with Crippen molar-refractivity contribution in [2.75, 3.05) is 26.3 Å². The van der Waals surface area contributed by atoms with E-state index in [0.717, 1.165) is 43.4 Å². The Morgan fingerprint density at radius 1 is 1.24 bits per heavy atom. The molecule has 2 rings (SSSR count). The molecular weight excluding hydrogens is 210 g/mol. The number of hydrogen-bond acceptors (Lipinski definition) is 2. The Morgan fingerprint density at radius 3 is 2.82 bits per heavy atom. The molecule has 1 saturated heterocycles. The van der Waals surface area contributed by atoms with Crippen LogP contribution in [0.25, 0.3) is 0 Å². The molecule has 0 amide bonds. The van der Waals surface area contributed by atoms with Crippen LogP contribution in [0.2, 0.25) is 0 Å². The summed E-state index contributed by atoms with van der Waals surface area (Å²) in [7, 11) is 0. The minimum absolute atomic E-state index is 0.843. The highest BCUT2D eigenvalue weighted by molar-refractivity contribution is 4.85. The first-order valence-electron chi connectivity index (χ1n) is 7.59. The third-order valence-corrected chi connectivity index (χ3v) is 4.77. The summed E-state index contributed by atoms with van der Waals surface area (Å²) in [6, 6.07) is 0. The van der Waals surface area contributed by atoms with Gasteiger partial charge < -0.3 is 10.1 Å². The molecule has 1 N–H and O–H groups in total. The van der Waals surface area contributed by atoms with Crippen LogP contribution in [0.5, 0.6) is 0 Å². The van der Waals surface area contributed by atoms with Gasteiger partial charge in [0, 0.05) is 13.2 Å². The van der Waals surface area contributed by atoms with Gasteiger partial charge in [-0.1, -0.05) is 20.3 Å². The van der Waals surface area contributed by atoms with Crippen molar-refractivity contribution in [2.45, 2.75) is 46.0 Å². The van der Waals surface area contributed by atoms with Crippen molar-refractivity contribution in [2.24, 2.45) is 23.7 Å². The number of hydrogen-bond donors (Lipinski definition) is 1. The zero-order chi connectivity index (χ0) is 12.1. The first-order valence-corrected chi connectivity index (χ1v) is 7.59. The lowest BCUT2D eigenvalue weighted by Crippen LogP contribution is -2.39. The summed E-state index contributed by atoms with van der Waals surface area (Å²) in [6.45, 7) is 9.01. The Bertz CT molecular complexity index is 211. The number of rotatable bonds is 4. The Hall–Kier alpha value is -0.0800. The lowest BCUT2D eigenvalue weighted by atomic mass is 9.68.